The Balaban J connectivity index is 1.24. The Hall–Kier alpha value is -4.28. The number of carbonyl (C=O) groups excluding carboxylic acids is 1. The van der Waals surface area contributed by atoms with Crippen LogP contribution in [0.5, 0.6) is 5.75 Å². The highest BCUT2D eigenvalue weighted by Crippen LogP contribution is 2.37. The van der Waals surface area contributed by atoms with Crippen LogP contribution in [0.4, 0.5) is 24.9 Å². The molecule has 3 aliphatic rings. The Labute approximate surface area is 253 Å². The molecule has 17 heteroatoms. The number of hydrogen-bond acceptors (Lipinski definition) is 9. The van der Waals surface area contributed by atoms with E-state index in [1.54, 1.807) is 25.6 Å². The molecule has 13 nitrogen and oxygen atoms in total. The lowest BCUT2D eigenvalue weighted by molar-refractivity contribution is -0.529. The van der Waals surface area contributed by atoms with Crippen molar-refractivity contribution < 1.29 is 32.8 Å². The first-order chi connectivity index (χ1) is 21.0. The maximum atomic E-state index is 13.9. The van der Waals surface area contributed by atoms with Crippen molar-refractivity contribution in [2.45, 2.75) is 37.9 Å². The van der Waals surface area contributed by atoms with Crippen molar-refractivity contribution in [1.82, 2.24) is 29.2 Å². The number of alkyl halides is 3. The van der Waals surface area contributed by atoms with Crippen LogP contribution in [0.3, 0.4) is 0 Å². The highest BCUT2D eigenvalue weighted by Gasteiger charge is 2.38. The molecule has 2 aliphatic heterocycles. The molecule has 0 radical (unpaired) electrons. The lowest BCUT2D eigenvalue weighted by atomic mass is 10.1. The summed E-state index contributed by atoms with van der Waals surface area (Å²) in [6, 6.07) is 0.506. The summed E-state index contributed by atoms with van der Waals surface area (Å²) in [6.07, 6.45) is 3.51. The number of halogens is 4. The van der Waals surface area contributed by atoms with Crippen molar-refractivity contribution in [2.75, 3.05) is 25.6 Å². The second-order valence-electron chi connectivity index (χ2n) is 10.6. The number of aromatic nitrogens is 5. The van der Waals surface area contributed by atoms with Crippen molar-refractivity contribution in [2.24, 2.45) is 18.0 Å². The number of hydrogen-bond donors (Lipinski definition) is 3. The molecule has 4 N–H and O–H groups in total. The fourth-order valence-electron chi connectivity index (χ4n) is 5.02. The van der Waals surface area contributed by atoms with Gasteiger partial charge in [0.1, 0.15) is 22.4 Å². The maximum Gasteiger partial charge on any atom is 0.433 e. The fourth-order valence-corrected chi connectivity index (χ4v) is 5.32. The van der Waals surface area contributed by atoms with E-state index in [1.807, 2.05) is 0 Å². The minimum atomic E-state index is -4.60. The first-order valence-electron chi connectivity index (χ1n) is 13.9. The molecular formula is C27H29ClF3N10O3+. The second-order valence-corrected chi connectivity index (χ2v) is 11.0. The number of nitrogens with zero attached hydrogens (tertiary/aromatic N) is 7. The molecular weight excluding hydrogens is 605 g/mol. The summed E-state index contributed by atoms with van der Waals surface area (Å²) in [6.45, 7) is 0.725. The predicted octanol–water partition coefficient (Wildman–Crippen LogP) is 3.49. The Kier molecular flexibility index (Phi) is 7.89. The van der Waals surface area contributed by atoms with Gasteiger partial charge >= 0.3 is 6.18 Å². The van der Waals surface area contributed by atoms with Gasteiger partial charge in [0.25, 0.3) is 0 Å². The summed E-state index contributed by atoms with van der Waals surface area (Å²) in [7, 11) is 3.30. The molecule has 1 saturated heterocycles. The average molecular weight is 634 g/mol. The number of rotatable bonds is 8. The van der Waals surface area contributed by atoms with Gasteiger partial charge in [-0.1, -0.05) is 11.6 Å². The van der Waals surface area contributed by atoms with Gasteiger partial charge in [-0.25, -0.2) is 9.98 Å². The molecule has 6 rings (SSSR count). The number of fused-ring (bicyclic) bond motifs is 1. The van der Waals surface area contributed by atoms with Crippen LogP contribution in [0.15, 0.2) is 40.7 Å². The fraction of sp³-hybridized carbons (Fsp3) is 0.407. The molecule has 0 atom stereocenters. The summed E-state index contributed by atoms with van der Waals surface area (Å²) >= 11 is 6.70. The molecule has 1 aliphatic carbocycles. The Morgan fingerprint density at radius 1 is 1.30 bits per heavy atom. The zero-order chi connectivity index (χ0) is 31.2. The van der Waals surface area contributed by atoms with E-state index in [4.69, 9.17) is 26.5 Å². The predicted molar refractivity (Wildman–Crippen MR) is 154 cm³/mol. The van der Waals surface area contributed by atoms with E-state index in [9.17, 15) is 18.0 Å². The first kappa shape index (κ1) is 29.8. The van der Waals surface area contributed by atoms with E-state index in [0.717, 1.165) is 29.8 Å². The maximum absolute atomic E-state index is 13.9. The molecule has 1 saturated carbocycles. The van der Waals surface area contributed by atoms with Crippen LogP contribution >= 0.6 is 11.6 Å². The van der Waals surface area contributed by atoms with Gasteiger partial charge in [-0.2, -0.15) is 23.3 Å². The van der Waals surface area contributed by atoms with E-state index in [2.05, 4.69) is 25.4 Å². The normalized spacial score (nSPS) is 18.7. The van der Waals surface area contributed by atoms with Gasteiger partial charge in [-0.15, -0.1) is 0 Å². The molecule has 0 aromatic carbocycles. The number of carbonyl (C=O) groups is 1. The number of nitrogens with one attached hydrogen (secondary N) is 2. The van der Waals surface area contributed by atoms with Crippen molar-refractivity contribution in [3.8, 4) is 5.75 Å². The van der Waals surface area contributed by atoms with E-state index >= 15 is 0 Å². The van der Waals surface area contributed by atoms with Crippen LogP contribution in [-0.4, -0.2) is 67.8 Å². The van der Waals surface area contributed by atoms with E-state index < -0.39 is 17.9 Å². The van der Waals surface area contributed by atoms with Crippen molar-refractivity contribution in [1.29, 1.82) is 5.41 Å². The van der Waals surface area contributed by atoms with Crippen molar-refractivity contribution in [3.63, 3.8) is 0 Å². The summed E-state index contributed by atoms with van der Waals surface area (Å²) in [5.41, 5.74) is 0.179. The van der Waals surface area contributed by atoms with E-state index in [0.29, 0.717) is 43.1 Å². The van der Waals surface area contributed by atoms with Crippen LogP contribution in [0, 0.1) is 11.3 Å². The zero-order valence-corrected chi connectivity index (χ0v) is 24.5. The minimum absolute atomic E-state index is 0.0161. The molecule has 0 spiro atoms. The Morgan fingerprint density at radius 2 is 2.05 bits per heavy atom. The summed E-state index contributed by atoms with van der Waals surface area (Å²) in [5.74, 6) is 0.927. The summed E-state index contributed by atoms with van der Waals surface area (Å²) in [5, 5.41) is 16.8. The Bertz CT molecular complexity index is 1720. The summed E-state index contributed by atoms with van der Waals surface area (Å²) < 4.78 is 55.3. The number of aliphatic imine (C=N–C) groups is 1. The number of pyridine rings is 1. The summed E-state index contributed by atoms with van der Waals surface area (Å²) in [4.78, 5) is 26.9. The lowest BCUT2D eigenvalue weighted by Gasteiger charge is -2.24. The number of ether oxygens (including phenoxy) is 2. The number of anilines is 2. The number of nitrogens with two attached hydrogens (primary N) is 1. The highest BCUT2D eigenvalue weighted by atomic mass is 35.5. The van der Waals surface area contributed by atoms with Crippen LogP contribution in [0.1, 0.15) is 37.4 Å². The number of imidazole rings is 1. The smallest absolute Gasteiger partial charge is 0.433 e. The second kappa shape index (κ2) is 11.7. The van der Waals surface area contributed by atoms with Gasteiger partial charge in [0.05, 0.1) is 24.7 Å². The van der Waals surface area contributed by atoms with Gasteiger partial charge in [-0.05, 0) is 25.7 Å². The largest absolute Gasteiger partial charge is 0.446 e. The zero-order valence-electron chi connectivity index (χ0n) is 23.7. The quantitative estimate of drug-likeness (QED) is 0.254. The topological polar surface area (TPSA) is 152 Å². The molecule has 232 valence electrons. The van der Waals surface area contributed by atoms with Gasteiger partial charge in [-0.3, -0.25) is 19.7 Å². The van der Waals surface area contributed by atoms with Crippen LogP contribution in [-0.2, 0) is 22.8 Å². The van der Waals surface area contributed by atoms with Crippen molar-refractivity contribution in [3.05, 3.63) is 46.5 Å². The van der Waals surface area contributed by atoms with Crippen LogP contribution < -0.4 is 15.4 Å². The standard InChI is InChI=1S/C27H28ClF3N10O3/c1-39(25(42)14-3-4-14)21-13-33-16(11-34-21)17(10-32)44-18-12-35-24-23(22(18)28)40(2)26(37-24)36-20-9-19(27(29,30)31)41(38-20)15-5-7-43-8-6-15/h9-15,32-33H,3-8H2,1-2H3,(H,35,36,37,38)/p+1/b17-16+,32-10?. The molecule has 3 aromatic rings. The van der Waals surface area contributed by atoms with Crippen LogP contribution in [0.2, 0.25) is 5.02 Å². The third-order valence-electron chi connectivity index (χ3n) is 7.59. The number of quaternary nitrogens is 1. The Morgan fingerprint density at radius 3 is 2.68 bits per heavy atom. The average Bonchev–Trinajstić information content (AvgIpc) is 3.70. The number of allylic oxidation sites excluding steroid dienone is 2. The van der Waals surface area contributed by atoms with Gasteiger partial charge in [0.2, 0.25) is 17.6 Å². The van der Waals surface area contributed by atoms with E-state index in [-0.39, 0.29) is 45.8 Å². The molecule has 0 bridgehead atoms. The molecule has 0 unspecified atom stereocenters. The minimum Gasteiger partial charge on any atom is -0.446 e. The van der Waals surface area contributed by atoms with Crippen molar-refractivity contribution >= 4 is 52.9 Å². The van der Waals surface area contributed by atoms with Gasteiger partial charge in [0, 0.05) is 39.3 Å². The molecule has 1 amide bonds. The number of aryl methyl sites for hydroxylation is 1. The highest BCUT2D eigenvalue weighted by molar-refractivity contribution is 6.36. The third-order valence-corrected chi connectivity index (χ3v) is 7.96. The van der Waals surface area contributed by atoms with Crippen LogP contribution in [0.25, 0.3) is 11.2 Å². The lowest BCUT2D eigenvalue weighted by Crippen LogP contribution is -2.78. The first-order valence-corrected chi connectivity index (χ1v) is 14.2. The SMILES string of the molecule is CN(C(=O)C1CC1)C1=C[NH2+]/C(=C(\C=N)Oc2cnc3nc(Nc4cc(C(F)(F)F)n(C5CCOCC5)n4)n(C)c3c2Cl)C=N1. The molecule has 2 fully saturated rings. The monoisotopic (exact) mass is 633 g/mol. The van der Waals surface area contributed by atoms with E-state index in [1.165, 1.54) is 21.9 Å². The van der Waals surface area contributed by atoms with Gasteiger partial charge in [0.15, 0.2) is 28.7 Å². The molecule has 44 heavy (non-hydrogen) atoms. The molecule has 3 aromatic heterocycles. The third kappa shape index (κ3) is 5.79. The molecule has 5 heterocycles. The number of amides is 1. The van der Waals surface area contributed by atoms with Gasteiger partial charge < -0.3 is 24.8 Å².